The highest BCUT2D eigenvalue weighted by atomic mass is 19.3. The molecule has 1 aromatic heterocycles. The number of ether oxygens (including phenoxy) is 1. The molecule has 0 saturated carbocycles. The zero-order valence-electron chi connectivity index (χ0n) is 8.56. The number of hydrogen-bond donors (Lipinski definition) is 0. The van der Waals surface area contributed by atoms with Crippen molar-refractivity contribution in [3.05, 3.63) is 18.0 Å². The van der Waals surface area contributed by atoms with Crippen molar-refractivity contribution in [3.63, 3.8) is 0 Å². The maximum Gasteiger partial charge on any atom is 0.329 e. The van der Waals surface area contributed by atoms with Gasteiger partial charge in [0.2, 0.25) is 0 Å². The number of aromatic nitrogens is 4. The highest BCUT2D eigenvalue weighted by Crippen LogP contribution is 1.99. The summed E-state index contributed by atoms with van der Waals surface area (Å²) in [5.41, 5.74) is 0. The van der Waals surface area contributed by atoms with Gasteiger partial charge in [0.1, 0.15) is 0 Å². The Morgan fingerprint density at radius 2 is 2.31 bits per heavy atom. The monoisotopic (exact) mass is 232 g/mol. The van der Waals surface area contributed by atoms with Gasteiger partial charge in [0.15, 0.2) is 12.4 Å². The molecule has 6 nitrogen and oxygen atoms in total. The third-order valence-electron chi connectivity index (χ3n) is 1.50. The standard InChI is InChI=1S/C8H10F2N4O2/c1-6-11-13-14(12-6)5-8(15)16-4-2-3-7(9)10/h3H,2,4-5H2,1H3. The fourth-order valence-electron chi connectivity index (χ4n) is 0.892. The Kier molecular flexibility index (Phi) is 4.49. The zero-order chi connectivity index (χ0) is 12.0. The average Bonchev–Trinajstić information content (AvgIpc) is 2.58. The highest BCUT2D eigenvalue weighted by molar-refractivity contribution is 5.68. The molecule has 0 amide bonds. The lowest BCUT2D eigenvalue weighted by atomic mass is 10.4. The topological polar surface area (TPSA) is 69.9 Å². The first kappa shape index (κ1) is 12.2. The van der Waals surface area contributed by atoms with Gasteiger partial charge in [-0.2, -0.15) is 13.6 Å². The summed E-state index contributed by atoms with van der Waals surface area (Å²) in [4.78, 5) is 12.2. The van der Waals surface area contributed by atoms with Crippen molar-refractivity contribution in [2.24, 2.45) is 0 Å². The van der Waals surface area contributed by atoms with E-state index in [2.05, 4.69) is 20.1 Å². The summed E-state index contributed by atoms with van der Waals surface area (Å²) >= 11 is 0. The summed E-state index contributed by atoms with van der Waals surface area (Å²) in [5.74, 6) is -0.152. The minimum Gasteiger partial charge on any atom is -0.464 e. The third-order valence-corrected chi connectivity index (χ3v) is 1.50. The molecule has 0 atom stereocenters. The van der Waals surface area contributed by atoms with E-state index in [-0.39, 0.29) is 19.6 Å². The molecule has 0 aromatic carbocycles. The van der Waals surface area contributed by atoms with E-state index in [4.69, 9.17) is 0 Å². The normalized spacial score (nSPS) is 9.94. The van der Waals surface area contributed by atoms with Gasteiger partial charge in [-0.25, -0.2) is 4.79 Å². The Labute approximate surface area is 89.9 Å². The Balaban J connectivity index is 2.24. The van der Waals surface area contributed by atoms with Gasteiger partial charge in [-0.15, -0.1) is 10.2 Å². The molecule has 0 aliphatic carbocycles. The minimum atomic E-state index is -1.79. The maximum atomic E-state index is 11.6. The third kappa shape index (κ3) is 4.58. The largest absolute Gasteiger partial charge is 0.464 e. The number of hydrogen-bond acceptors (Lipinski definition) is 5. The molecule has 88 valence electrons. The van der Waals surface area contributed by atoms with Crippen molar-refractivity contribution in [2.75, 3.05) is 6.61 Å². The predicted molar refractivity (Wildman–Crippen MR) is 48.4 cm³/mol. The van der Waals surface area contributed by atoms with E-state index in [9.17, 15) is 13.6 Å². The van der Waals surface area contributed by atoms with Gasteiger partial charge in [0.05, 0.1) is 6.61 Å². The number of nitrogens with zero attached hydrogens (tertiary/aromatic N) is 4. The van der Waals surface area contributed by atoms with Crippen LogP contribution < -0.4 is 0 Å². The fourth-order valence-corrected chi connectivity index (χ4v) is 0.892. The summed E-state index contributed by atoms with van der Waals surface area (Å²) in [6.45, 7) is 1.36. The molecule has 0 N–H and O–H groups in total. The lowest BCUT2D eigenvalue weighted by molar-refractivity contribution is -0.144. The first-order valence-electron chi connectivity index (χ1n) is 4.49. The summed E-state index contributed by atoms with van der Waals surface area (Å²) in [7, 11) is 0. The van der Waals surface area contributed by atoms with Crippen LogP contribution in [0.3, 0.4) is 0 Å². The molecule has 0 fully saturated rings. The molecule has 16 heavy (non-hydrogen) atoms. The summed E-state index contributed by atoms with van der Waals surface area (Å²) in [6.07, 6.45) is -1.12. The number of tetrazole rings is 1. The molecule has 0 unspecified atom stereocenters. The number of halogens is 2. The van der Waals surface area contributed by atoms with Crippen LogP contribution in [0.5, 0.6) is 0 Å². The second-order valence-electron chi connectivity index (χ2n) is 2.87. The van der Waals surface area contributed by atoms with Crippen molar-refractivity contribution in [1.82, 2.24) is 20.2 Å². The minimum absolute atomic E-state index is 0.0160. The second-order valence-corrected chi connectivity index (χ2v) is 2.87. The number of carbonyl (C=O) groups excluding carboxylic acids is 1. The van der Waals surface area contributed by atoms with Gasteiger partial charge in [-0.3, -0.25) is 0 Å². The van der Waals surface area contributed by atoms with Gasteiger partial charge in [-0.1, -0.05) is 0 Å². The Morgan fingerprint density at radius 1 is 1.56 bits per heavy atom. The average molecular weight is 232 g/mol. The molecular weight excluding hydrogens is 222 g/mol. The lowest BCUT2D eigenvalue weighted by Gasteiger charge is -2.01. The van der Waals surface area contributed by atoms with Gasteiger partial charge in [-0.05, 0) is 18.2 Å². The number of esters is 1. The van der Waals surface area contributed by atoms with Crippen LogP contribution in [0.1, 0.15) is 12.2 Å². The molecule has 0 spiro atoms. The summed E-state index contributed by atoms with van der Waals surface area (Å²) in [5, 5.41) is 10.9. The molecule has 0 aliphatic heterocycles. The van der Waals surface area contributed by atoms with E-state index < -0.39 is 12.0 Å². The SMILES string of the molecule is Cc1nnn(CC(=O)OCCC=C(F)F)n1. The van der Waals surface area contributed by atoms with E-state index in [1.807, 2.05) is 0 Å². The second kappa shape index (κ2) is 5.89. The van der Waals surface area contributed by atoms with Crippen molar-refractivity contribution < 1.29 is 18.3 Å². The van der Waals surface area contributed by atoms with E-state index in [1.54, 1.807) is 6.92 Å². The van der Waals surface area contributed by atoms with Crippen LogP contribution >= 0.6 is 0 Å². The molecule has 0 radical (unpaired) electrons. The Bertz CT molecular complexity index is 387. The maximum absolute atomic E-state index is 11.6. The molecule has 1 rings (SSSR count). The first-order valence-corrected chi connectivity index (χ1v) is 4.49. The molecule has 0 saturated heterocycles. The summed E-state index contributed by atoms with van der Waals surface area (Å²) in [6, 6.07) is 0. The Hall–Kier alpha value is -1.86. The molecule has 1 aromatic rings. The zero-order valence-corrected chi connectivity index (χ0v) is 8.56. The molecule has 8 heteroatoms. The Morgan fingerprint density at radius 3 is 2.88 bits per heavy atom. The smallest absolute Gasteiger partial charge is 0.329 e. The fraction of sp³-hybridized carbons (Fsp3) is 0.500. The van der Waals surface area contributed by atoms with Gasteiger partial charge >= 0.3 is 5.97 Å². The summed E-state index contributed by atoms with van der Waals surface area (Å²) < 4.78 is 27.9. The molecule has 0 bridgehead atoms. The van der Waals surface area contributed by atoms with Crippen LogP contribution in [0.15, 0.2) is 12.2 Å². The van der Waals surface area contributed by atoms with Crippen LogP contribution in [-0.4, -0.2) is 32.8 Å². The van der Waals surface area contributed by atoms with Crippen LogP contribution in [0.2, 0.25) is 0 Å². The van der Waals surface area contributed by atoms with Crippen LogP contribution in [0.4, 0.5) is 8.78 Å². The molecular formula is C8H10F2N4O2. The molecule has 1 heterocycles. The number of aryl methyl sites for hydroxylation is 1. The van der Waals surface area contributed by atoms with Gasteiger partial charge < -0.3 is 4.74 Å². The number of rotatable bonds is 5. The number of carbonyl (C=O) groups is 1. The van der Waals surface area contributed by atoms with Crippen molar-refractivity contribution in [2.45, 2.75) is 19.9 Å². The molecule has 0 aliphatic rings. The van der Waals surface area contributed by atoms with Crippen molar-refractivity contribution in [1.29, 1.82) is 0 Å². The van der Waals surface area contributed by atoms with Crippen LogP contribution in [0, 0.1) is 6.92 Å². The predicted octanol–water partition coefficient (Wildman–Crippen LogP) is 0.695. The van der Waals surface area contributed by atoms with Crippen LogP contribution in [-0.2, 0) is 16.1 Å². The van der Waals surface area contributed by atoms with Crippen molar-refractivity contribution in [3.8, 4) is 0 Å². The van der Waals surface area contributed by atoms with Crippen LogP contribution in [0.25, 0.3) is 0 Å². The van der Waals surface area contributed by atoms with E-state index in [0.717, 1.165) is 4.80 Å². The first-order chi connectivity index (χ1) is 7.58. The van der Waals surface area contributed by atoms with Crippen molar-refractivity contribution >= 4 is 5.97 Å². The van der Waals surface area contributed by atoms with Gasteiger partial charge in [0, 0.05) is 6.42 Å². The van der Waals surface area contributed by atoms with E-state index >= 15 is 0 Å². The van der Waals surface area contributed by atoms with Gasteiger partial charge in [0.25, 0.3) is 6.08 Å². The quantitative estimate of drug-likeness (QED) is 0.552. The van der Waals surface area contributed by atoms with E-state index in [1.165, 1.54) is 0 Å². The highest BCUT2D eigenvalue weighted by Gasteiger charge is 2.06. The van der Waals surface area contributed by atoms with E-state index in [0.29, 0.717) is 11.9 Å². The lowest BCUT2D eigenvalue weighted by Crippen LogP contribution is -2.16.